The first kappa shape index (κ1) is 11.3. The second-order valence-corrected chi connectivity index (χ2v) is 5.19. The first-order chi connectivity index (χ1) is 7.40. The molecule has 1 aromatic rings. The van der Waals surface area contributed by atoms with Crippen LogP contribution in [0.3, 0.4) is 0 Å². The lowest BCUT2D eigenvalue weighted by molar-refractivity contribution is 0.365. The highest BCUT2D eigenvalue weighted by atomic mass is 16.5. The lowest BCUT2D eigenvalue weighted by Crippen LogP contribution is -2.45. The van der Waals surface area contributed by atoms with E-state index in [1.54, 1.807) is 13.2 Å². The average Bonchev–Trinajstić information content (AvgIpc) is 2.98. The molecular formula is C13H19NO2. The van der Waals surface area contributed by atoms with Crippen molar-refractivity contribution in [3.63, 3.8) is 0 Å². The number of hydrogen-bond acceptors (Lipinski definition) is 3. The lowest BCUT2D eigenvalue weighted by atomic mass is 9.79. The monoisotopic (exact) mass is 221 g/mol. The highest BCUT2D eigenvalue weighted by Crippen LogP contribution is 2.55. The van der Waals surface area contributed by atoms with Gasteiger partial charge < -0.3 is 15.6 Å². The topological polar surface area (TPSA) is 55.5 Å². The molecule has 1 aromatic carbocycles. The van der Waals surface area contributed by atoms with Crippen LogP contribution in [0.1, 0.15) is 32.3 Å². The molecule has 3 N–H and O–H groups in total. The van der Waals surface area contributed by atoms with Gasteiger partial charge in [0.05, 0.1) is 7.11 Å². The van der Waals surface area contributed by atoms with Gasteiger partial charge in [-0.2, -0.15) is 0 Å². The molecule has 3 heteroatoms. The van der Waals surface area contributed by atoms with E-state index < -0.39 is 0 Å². The molecule has 0 unspecified atom stereocenters. The summed E-state index contributed by atoms with van der Waals surface area (Å²) in [5, 5.41) is 9.57. The largest absolute Gasteiger partial charge is 0.504 e. The van der Waals surface area contributed by atoms with Gasteiger partial charge in [0.15, 0.2) is 11.5 Å². The van der Waals surface area contributed by atoms with E-state index in [2.05, 4.69) is 13.8 Å². The number of phenolic OH excluding ortho intramolecular Hbond substituents is 1. The van der Waals surface area contributed by atoms with Crippen LogP contribution in [0.15, 0.2) is 18.2 Å². The third-order valence-corrected chi connectivity index (χ3v) is 3.72. The molecule has 0 amide bonds. The van der Waals surface area contributed by atoms with E-state index in [0.717, 1.165) is 18.4 Å². The lowest BCUT2D eigenvalue weighted by Gasteiger charge is -2.31. The SMILES string of the molecule is COc1cc(C2(C(C)(C)N)CC2)ccc1O. The highest BCUT2D eigenvalue weighted by Gasteiger charge is 2.53. The summed E-state index contributed by atoms with van der Waals surface area (Å²) in [5.41, 5.74) is 7.20. The molecule has 0 radical (unpaired) electrons. The highest BCUT2D eigenvalue weighted by molar-refractivity contribution is 5.47. The Kier molecular flexibility index (Phi) is 2.39. The van der Waals surface area contributed by atoms with Gasteiger partial charge in [-0.3, -0.25) is 0 Å². The van der Waals surface area contributed by atoms with E-state index in [1.165, 1.54) is 0 Å². The quantitative estimate of drug-likeness (QED) is 0.822. The predicted octanol–water partition coefficient (Wildman–Crippen LogP) is 2.17. The van der Waals surface area contributed by atoms with Crippen molar-refractivity contribution < 1.29 is 9.84 Å². The van der Waals surface area contributed by atoms with Crippen LogP contribution < -0.4 is 10.5 Å². The van der Waals surface area contributed by atoms with Crippen molar-refractivity contribution in [2.75, 3.05) is 7.11 Å². The third-order valence-electron chi connectivity index (χ3n) is 3.72. The van der Waals surface area contributed by atoms with Crippen LogP contribution in [-0.4, -0.2) is 17.8 Å². The Balaban J connectivity index is 2.42. The van der Waals surface area contributed by atoms with Crippen molar-refractivity contribution in [2.24, 2.45) is 5.73 Å². The van der Waals surface area contributed by atoms with E-state index in [1.807, 2.05) is 12.1 Å². The number of benzene rings is 1. The number of rotatable bonds is 3. The van der Waals surface area contributed by atoms with Crippen LogP contribution in [0.4, 0.5) is 0 Å². The second kappa shape index (κ2) is 3.39. The van der Waals surface area contributed by atoms with Gasteiger partial charge in [0.2, 0.25) is 0 Å². The number of hydrogen-bond donors (Lipinski definition) is 2. The number of phenols is 1. The molecule has 1 aliphatic rings. The van der Waals surface area contributed by atoms with Gasteiger partial charge >= 0.3 is 0 Å². The Morgan fingerprint density at radius 2 is 2.00 bits per heavy atom. The Labute approximate surface area is 96.2 Å². The first-order valence-corrected chi connectivity index (χ1v) is 5.57. The van der Waals surface area contributed by atoms with E-state index >= 15 is 0 Å². The predicted molar refractivity (Wildman–Crippen MR) is 63.8 cm³/mol. The van der Waals surface area contributed by atoms with Crippen molar-refractivity contribution in [2.45, 2.75) is 37.6 Å². The molecule has 16 heavy (non-hydrogen) atoms. The van der Waals surface area contributed by atoms with Gasteiger partial charge in [-0.15, -0.1) is 0 Å². The van der Waals surface area contributed by atoms with Crippen molar-refractivity contribution >= 4 is 0 Å². The maximum absolute atomic E-state index is 9.57. The summed E-state index contributed by atoms with van der Waals surface area (Å²) in [5.74, 6) is 0.699. The fourth-order valence-corrected chi connectivity index (χ4v) is 2.41. The standard InChI is InChI=1S/C13H19NO2/c1-12(2,14)13(6-7-13)9-4-5-10(15)11(8-9)16-3/h4-5,8,15H,6-7,14H2,1-3H3. The zero-order chi connectivity index (χ0) is 12.0. The Morgan fingerprint density at radius 3 is 2.44 bits per heavy atom. The van der Waals surface area contributed by atoms with Crippen LogP contribution in [0.5, 0.6) is 11.5 Å². The van der Waals surface area contributed by atoms with Crippen LogP contribution in [0.2, 0.25) is 0 Å². The van der Waals surface area contributed by atoms with Crippen LogP contribution in [0.25, 0.3) is 0 Å². The molecule has 1 aliphatic carbocycles. The number of ether oxygens (including phenoxy) is 1. The molecule has 2 rings (SSSR count). The normalized spacial score (nSPS) is 18.2. The number of nitrogens with two attached hydrogens (primary N) is 1. The van der Waals surface area contributed by atoms with Crippen LogP contribution >= 0.6 is 0 Å². The first-order valence-electron chi connectivity index (χ1n) is 5.57. The minimum absolute atomic E-state index is 0.0496. The van der Waals surface area contributed by atoms with E-state index in [9.17, 15) is 5.11 Å². The molecular weight excluding hydrogens is 202 g/mol. The Bertz CT molecular complexity index is 403. The molecule has 0 aliphatic heterocycles. The molecule has 1 fully saturated rings. The molecule has 0 bridgehead atoms. The van der Waals surface area contributed by atoms with E-state index in [4.69, 9.17) is 10.5 Å². The summed E-state index contributed by atoms with van der Waals surface area (Å²) in [6.45, 7) is 4.11. The molecule has 88 valence electrons. The number of methoxy groups -OCH3 is 1. The molecule has 0 aromatic heterocycles. The fourth-order valence-electron chi connectivity index (χ4n) is 2.41. The summed E-state index contributed by atoms with van der Waals surface area (Å²) < 4.78 is 5.13. The van der Waals surface area contributed by atoms with Crippen LogP contribution in [-0.2, 0) is 5.41 Å². The summed E-state index contributed by atoms with van der Waals surface area (Å²) in [6, 6.07) is 5.52. The molecule has 0 spiro atoms. The van der Waals surface area contributed by atoms with Crippen molar-refractivity contribution in [3.05, 3.63) is 23.8 Å². The maximum atomic E-state index is 9.57. The number of aromatic hydroxyl groups is 1. The van der Waals surface area contributed by atoms with E-state index in [0.29, 0.717) is 5.75 Å². The Morgan fingerprint density at radius 1 is 1.38 bits per heavy atom. The van der Waals surface area contributed by atoms with Gasteiger partial charge in [0, 0.05) is 11.0 Å². The molecule has 0 heterocycles. The summed E-state index contributed by atoms with van der Waals surface area (Å²) in [7, 11) is 1.56. The van der Waals surface area contributed by atoms with Gasteiger partial charge in [0.25, 0.3) is 0 Å². The fraction of sp³-hybridized carbons (Fsp3) is 0.538. The minimum atomic E-state index is -0.241. The maximum Gasteiger partial charge on any atom is 0.160 e. The van der Waals surface area contributed by atoms with Gasteiger partial charge in [0.1, 0.15) is 0 Å². The van der Waals surface area contributed by atoms with Gasteiger partial charge in [-0.25, -0.2) is 0 Å². The summed E-state index contributed by atoms with van der Waals surface area (Å²) in [4.78, 5) is 0. The smallest absolute Gasteiger partial charge is 0.160 e. The minimum Gasteiger partial charge on any atom is -0.504 e. The zero-order valence-corrected chi connectivity index (χ0v) is 10.1. The van der Waals surface area contributed by atoms with Gasteiger partial charge in [-0.05, 0) is 44.4 Å². The van der Waals surface area contributed by atoms with Crippen LogP contribution in [0, 0.1) is 0 Å². The zero-order valence-electron chi connectivity index (χ0n) is 10.1. The third kappa shape index (κ3) is 1.55. The average molecular weight is 221 g/mol. The molecule has 0 atom stereocenters. The second-order valence-electron chi connectivity index (χ2n) is 5.19. The molecule has 3 nitrogen and oxygen atoms in total. The Hall–Kier alpha value is -1.22. The van der Waals surface area contributed by atoms with Crippen molar-refractivity contribution in [1.82, 2.24) is 0 Å². The molecule has 0 saturated heterocycles. The summed E-state index contributed by atoms with van der Waals surface area (Å²) >= 11 is 0. The van der Waals surface area contributed by atoms with Crippen molar-refractivity contribution in [3.8, 4) is 11.5 Å². The summed E-state index contributed by atoms with van der Waals surface area (Å²) in [6.07, 6.45) is 2.20. The van der Waals surface area contributed by atoms with E-state index in [-0.39, 0.29) is 16.7 Å². The van der Waals surface area contributed by atoms with Gasteiger partial charge in [-0.1, -0.05) is 6.07 Å². The molecule has 1 saturated carbocycles. The van der Waals surface area contributed by atoms with Crippen molar-refractivity contribution in [1.29, 1.82) is 0 Å².